The molecule has 94 valence electrons. The number of hydrogen-bond acceptors (Lipinski definition) is 2. The third kappa shape index (κ3) is 1.81. The van der Waals surface area contributed by atoms with Gasteiger partial charge >= 0.3 is 0 Å². The van der Waals surface area contributed by atoms with Crippen LogP contribution in [0.3, 0.4) is 0 Å². The van der Waals surface area contributed by atoms with Crippen molar-refractivity contribution in [3.8, 4) is 0 Å². The Balaban J connectivity index is 2.09. The zero-order chi connectivity index (χ0) is 12.6. The fourth-order valence-corrected chi connectivity index (χ4v) is 3.37. The van der Waals surface area contributed by atoms with E-state index < -0.39 is 0 Å². The lowest BCUT2D eigenvalue weighted by Gasteiger charge is -2.26. The zero-order valence-electron chi connectivity index (χ0n) is 11.1. The van der Waals surface area contributed by atoms with E-state index in [0.717, 1.165) is 0 Å². The molecule has 2 atom stereocenters. The molecule has 0 saturated heterocycles. The first-order valence-corrected chi connectivity index (χ1v) is 6.73. The van der Waals surface area contributed by atoms with Crippen molar-refractivity contribution in [2.45, 2.75) is 37.6 Å². The molecule has 0 amide bonds. The molecule has 0 radical (unpaired) electrons. The second-order valence-electron chi connectivity index (χ2n) is 5.69. The van der Waals surface area contributed by atoms with E-state index in [-0.39, 0.29) is 5.41 Å². The maximum Gasteiger partial charge on any atom is 0.0349 e. The third-order valence-corrected chi connectivity index (χ3v) is 4.48. The smallest absolute Gasteiger partial charge is 0.0349 e. The van der Waals surface area contributed by atoms with Gasteiger partial charge in [-0.3, -0.25) is 4.98 Å². The van der Waals surface area contributed by atoms with Gasteiger partial charge in [-0.2, -0.15) is 0 Å². The van der Waals surface area contributed by atoms with Crippen LogP contribution in [-0.2, 0) is 5.41 Å². The molecular formula is C16H20N2. The molecule has 1 aliphatic carbocycles. The molecule has 1 saturated carbocycles. The Morgan fingerprint density at radius 1 is 1.33 bits per heavy atom. The first-order valence-electron chi connectivity index (χ1n) is 6.73. The van der Waals surface area contributed by atoms with Gasteiger partial charge in [-0.15, -0.1) is 0 Å². The number of nitrogens with zero attached hydrogens (tertiary/aromatic N) is 1. The highest BCUT2D eigenvalue weighted by Crippen LogP contribution is 2.43. The summed E-state index contributed by atoms with van der Waals surface area (Å²) in [4.78, 5) is 4.30. The van der Waals surface area contributed by atoms with Crippen molar-refractivity contribution in [2.75, 3.05) is 7.05 Å². The summed E-state index contributed by atoms with van der Waals surface area (Å²) in [6.07, 6.45) is 7.63. The fourth-order valence-electron chi connectivity index (χ4n) is 3.37. The molecule has 1 aromatic heterocycles. The highest BCUT2D eigenvalue weighted by atomic mass is 14.9. The lowest BCUT2D eigenvalue weighted by molar-refractivity contribution is 0.470. The third-order valence-electron chi connectivity index (χ3n) is 4.48. The molecule has 0 bridgehead atoms. The van der Waals surface area contributed by atoms with Crippen LogP contribution in [0.4, 0.5) is 0 Å². The van der Waals surface area contributed by atoms with Crippen LogP contribution in [0.15, 0.2) is 36.7 Å². The average molecular weight is 240 g/mol. The Morgan fingerprint density at radius 2 is 2.22 bits per heavy atom. The summed E-state index contributed by atoms with van der Waals surface area (Å²) in [6, 6.07) is 9.39. The standard InChI is InChI=1S/C16H20N2/c1-16(8-6-13(10-16)17-2)15-5-3-4-12-7-9-18-11-14(12)15/h3-5,7,9,11,13,17H,6,8,10H2,1-2H3. The molecule has 1 heterocycles. The van der Waals surface area contributed by atoms with Crippen molar-refractivity contribution < 1.29 is 0 Å². The number of nitrogens with one attached hydrogen (secondary N) is 1. The highest BCUT2D eigenvalue weighted by Gasteiger charge is 2.36. The van der Waals surface area contributed by atoms with E-state index in [1.807, 2.05) is 12.4 Å². The van der Waals surface area contributed by atoms with Gasteiger partial charge in [0.1, 0.15) is 0 Å². The monoisotopic (exact) mass is 240 g/mol. The molecule has 0 spiro atoms. The van der Waals surface area contributed by atoms with Crippen LogP contribution >= 0.6 is 0 Å². The Bertz CT molecular complexity index is 559. The van der Waals surface area contributed by atoms with Gasteiger partial charge in [0.25, 0.3) is 0 Å². The van der Waals surface area contributed by atoms with Crippen LogP contribution in [0.1, 0.15) is 31.7 Å². The predicted octanol–water partition coefficient (Wildman–Crippen LogP) is 3.26. The molecule has 2 nitrogen and oxygen atoms in total. The molecule has 18 heavy (non-hydrogen) atoms. The van der Waals surface area contributed by atoms with Crippen molar-refractivity contribution >= 4 is 10.8 Å². The predicted molar refractivity (Wildman–Crippen MR) is 75.8 cm³/mol. The SMILES string of the molecule is CNC1CCC(C)(c2cccc3ccncc23)C1. The van der Waals surface area contributed by atoms with Crippen LogP contribution in [0.2, 0.25) is 0 Å². The van der Waals surface area contributed by atoms with Crippen molar-refractivity contribution in [3.05, 3.63) is 42.2 Å². The fraction of sp³-hybridized carbons (Fsp3) is 0.438. The number of rotatable bonds is 2. The molecule has 1 fully saturated rings. The van der Waals surface area contributed by atoms with E-state index in [9.17, 15) is 0 Å². The minimum absolute atomic E-state index is 0.288. The largest absolute Gasteiger partial charge is 0.317 e. The lowest BCUT2D eigenvalue weighted by atomic mass is 9.79. The summed E-state index contributed by atoms with van der Waals surface area (Å²) in [5.74, 6) is 0. The summed E-state index contributed by atoms with van der Waals surface area (Å²) < 4.78 is 0. The average Bonchev–Trinajstić information content (AvgIpc) is 2.81. The second-order valence-corrected chi connectivity index (χ2v) is 5.69. The summed E-state index contributed by atoms with van der Waals surface area (Å²) >= 11 is 0. The molecule has 2 unspecified atom stereocenters. The Kier molecular flexibility index (Phi) is 2.83. The van der Waals surface area contributed by atoms with E-state index >= 15 is 0 Å². The highest BCUT2D eigenvalue weighted by molar-refractivity contribution is 5.85. The number of pyridine rings is 1. The molecule has 2 heteroatoms. The maximum atomic E-state index is 4.30. The number of benzene rings is 1. The molecule has 3 rings (SSSR count). The van der Waals surface area contributed by atoms with Crippen molar-refractivity contribution in [2.24, 2.45) is 0 Å². The van der Waals surface area contributed by atoms with Gasteiger partial charge in [-0.25, -0.2) is 0 Å². The van der Waals surface area contributed by atoms with E-state index in [1.54, 1.807) is 0 Å². The first-order chi connectivity index (χ1) is 8.73. The van der Waals surface area contributed by atoms with Crippen molar-refractivity contribution in [1.82, 2.24) is 10.3 Å². The van der Waals surface area contributed by atoms with Gasteiger partial charge in [0, 0.05) is 23.8 Å². The Labute approximate surface area is 108 Å². The van der Waals surface area contributed by atoms with Crippen LogP contribution < -0.4 is 5.32 Å². The summed E-state index contributed by atoms with van der Waals surface area (Å²) in [7, 11) is 2.07. The molecule has 0 aliphatic heterocycles. The van der Waals surface area contributed by atoms with Crippen molar-refractivity contribution in [3.63, 3.8) is 0 Å². The van der Waals surface area contributed by atoms with Gasteiger partial charge in [0.2, 0.25) is 0 Å². The van der Waals surface area contributed by atoms with E-state index in [0.29, 0.717) is 6.04 Å². The van der Waals surface area contributed by atoms with E-state index in [2.05, 4.69) is 48.5 Å². The van der Waals surface area contributed by atoms with Crippen LogP contribution in [0, 0.1) is 0 Å². The molecule has 2 aromatic rings. The first kappa shape index (κ1) is 11.7. The summed E-state index contributed by atoms with van der Waals surface area (Å²) in [5, 5.41) is 6.04. The number of fused-ring (bicyclic) bond motifs is 1. The zero-order valence-corrected chi connectivity index (χ0v) is 11.1. The van der Waals surface area contributed by atoms with Crippen molar-refractivity contribution in [1.29, 1.82) is 0 Å². The molecule has 1 aliphatic rings. The topological polar surface area (TPSA) is 24.9 Å². The normalized spacial score (nSPS) is 27.8. The molecule has 1 N–H and O–H groups in total. The van der Waals surface area contributed by atoms with Crippen LogP contribution in [0.25, 0.3) is 10.8 Å². The van der Waals surface area contributed by atoms with Gasteiger partial charge in [0.05, 0.1) is 0 Å². The number of hydrogen-bond donors (Lipinski definition) is 1. The minimum Gasteiger partial charge on any atom is -0.317 e. The van der Waals surface area contributed by atoms with Gasteiger partial charge in [0.15, 0.2) is 0 Å². The summed E-state index contributed by atoms with van der Waals surface area (Å²) in [5.41, 5.74) is 1.75. The van der Waals surface area contributed by atoms with E-state index in [1.165, 1.54) is 35.6 Å². The minimum atomic E-state index is 0.288. The molecule has 1 aromatic carbocycles. The summed E-state index contributed by atoms with van der Waals surface area (Å²) in [6.45, 7) is 2.39. The van der Waals surface area contributed by atoms with E-state index in [4.69, 9.17) is 0 Å². The van der Waals surface area contributed by atoms with Gasteiger partial charge in [-0.1, -0.05) is 25.1 Å². The van der Waals surface area contributed by atoms with Crippen LogP contribution in [0.5, 0.6) is 0 Å². The number of aromatic nitrogens is 1. The second kappa shape index (κ2) is 4.36. The lowest BCUT2D eigenvalue weighted by Crippen LogP contribution is -2.25. The maximum absolute atomic E-state index is 4.30. The quantitative estimate of drug-likeness (QED) is 0.871. The van der Waals surface area contributed by atoms with Gasteiger partial charge in [-0.05, 0) is 48.7 Å². The Morgan fingerprint density at radius 3 is 3.00 bits per heavy atom. The van der Waals surface area contributed by atoms with Gasteiger partial charge < -0.3 is 5.32 Å². The Hall–Kier alpha value is -1.41. The van der Waals surface area contributed by atoms with Crippen LogP contribution in [-0.4, -0.2) is 18.1 Å². The molecular weight excluding hydrogens is 220 g/mol.